The summed E-state index contributed by atoms with van der Waals surface area (Å²) in [6.45, 7) is 0. The Labute approximate surface area is 167 Å². The first kappa shape index (κ1) is 19.4. The van der Waals surface area contributed by atoms with E-state index in [9.17, 15) is 4.79 Å². The first-order valence-corrected chi connectivity index (χ1v) is 8.76. The molecule has 7 heteroatoms. The zero-order chi connectivity index (χ0) is 19.9. The van der Waals surface area contributed by atoms with Crippen molar-refractivity contribution in [2.24, 2.45) is 4.99 Å². The number of aromatic nitrogens is 1. The van der Waals surface area contributed by atoms with E-state index in [0.717, 1.165) is 5.56 Å². The number of pyridine rings is 1. The van der Waals surface area contributed by atoms with E-state index < -0.39 is 0 Å². The van der Waals surface area contributed by atoms with Crippen LogP contribution in [-0.2, 0) is 0 Å². The lowest BCUT2D eigenvalue weighted by Gasteiger charge is -2.08. The number of hydrogen-bond donors (Lipinski definition) is 1. The molecule has 0 saturated carbocycles. The average Bonchev–Trinajstić information content (AvgIpc) is 2.73. The number of anilines is 1. The number of halogens is 1. The number of nitrogens with zero attached hydrogens (tertiary/aromatic N) is 2. The van der Waals surface area contributed by atoms with Crippen LogP contribution in [0.4, 0.5) is 11.5 Å². The molecule has 3 rings (SSSR count). The highest BCUT2D eigenvalue weighted by Gasteiger charge is 2.09. The first-order chi connectivity index (χ1) is 13.6. The highest BCUT2D eigenvalue weighted by Crippen LogP contribution is 2.25. The van der Waals surface area contributed by atoms with Gasteiger partial charge in [0.2, 0.25) is 0 Å². The van der Waals surface area contributed by atoms with Gasteiger partial charge in [-0.05, 0) is 48.0 Å². The van der Waals surface area contributed by atoms with Crippen LogP contribution in [0.1, 0.15) is 15.9 Å². The number of hydrogen-bond acceptors (Lipinski definition) is 5. The second kappa shape index (κ2) is 9.01. The third-order valence-electron chi connectivity index (χ3n) is 3.89. The quantitative estimate of drug-likeness (QED) is 0.611. The Balaban J connectivity index is 1.68. The molecule has 0 spiro atoms. The summed E-state index contributed by atoms with van der Waals surface area (Å²) in [5.74, 6) is 1.36. The van der Waals surface area contributed by atoms with Crippen molar-refractivity contribution in [3.05, 3.63) is 76.9 Å². The molecule has 1 amide bonds. The molecule has 0 aliphatic heterocycles. The lowest BCUT2D eigenvalue weighted by molar-refractivity contribution is 0.102. The number of aliphatic imine (C=N–C) groups is 1. The Morgan fingerprint density at radius 1 is 1.07 bits per heavy atom. The van der Waals surface area contributed by atoms with E-state index in [1.807, 2.05) is 12.1 Å². The normalized spacial score (nSPS) is 10.7. The number of nitrogens with one attached hydrogen (secondary N) is 1. The van der Waals surface area contributed by atoms with Gasteiger partial charge in [0.25, 0.3) is 5.91 Å². The van der Waals surface area contributed by atoms with Gasteiger partial charge < -0.3 is 14.8 Å². The summed E-state index contributed by atoms with van der Waals surface area (Å²) in [5.41, 5.74) is 1.96. The molecule has 0 fully saturated rings. The Morgan fingerprint density at radius 2 is 1.82 bits per heavy atom. The van der Waals surface area contributed by atoms with Crippen molar-refractivity contribution in [2.75, 3.05) is 19.5 Å². The predicted octanol–water partition coefficient (Wildman–Crippen LogP) is 4.76. The maximum atomic E-state index is 12.4. The third kappa shape index (κ3) is 4.66. The smallest absolute Gasteiger partial charge is 0.255 e. The van der Waals surface area contributed by atoms with Crippen LogP contribution in [0.2, 0.25) is 5.02 Å². The van der Waals surface area contributed by atoms with Crippen molar-refractivity contribution >= 4 is 35.2 Å². The zero-order valence-corrected chi connectivity index (χ0v) is 16.1. The van der Waals surface area contributed by atoms with E-state index >= 15 is 0 Å². The van der Waals surface area contributed by atoms with Gasteiger partial charge in [-0.1, -0.05) is 23.7 Å². The fourth-order valence-electron chi connectivity index (χ4n) is 2.44. The van der Waals surface area contributed by atoms with Gasteiger partial charge in [0.1, 0.15) is 5.75 Å². The summed E-state index contributed by atoms with van der Waals surface area (Å²) in [5, 5.41) is 3.21. The van der Waals surface area contributed by atoms with Crippen molar-refractivity contribution in [1.29, 1.82) is 0 Å². The van der Waals surface area contributed by atoms with Crippen LogP contribution in [0.5, 0.6) is 11.5 Å². The summed E-state index contributed by atoms with van der Waals surface area (Å²) in [4.78, 5) is 20.9. The monoisotopic (exact) mass is 395 g/mol. The third-order valence-corrected chi connectivity index (χ3v) is 4.18. The molecular weight excluding hydrogens is 378 g/mol. The van der Waals surface area contributed by atoms with Gasteiger partial charge in [-0.25, -0.2) is 9.98 Å². The molecule has 3 aromatic rings. The molecule has 28 heavy (non-hydrogen) atoms. The molecule has 1 N–H and O–H groups in total. The van der Waals surface area contributed by atoms with Crippen molar-refractivity contribution in [3.63, 3.8) is 0 Å². The lowest BCUT2D eigenvalue weighted by atomic mass is 10.2. The first-order valence-electron chi connectivity index (χ1n) is 8.38. The van der Waals surface area contributed by atoms with Crippen molar-refractivity contribution in [2.45, 2.75) is 0 Å². The van der Waals surface area contributed by atoms with E-state index in [4.69, 9.17) is 21.1 Å². The van der Waals surface area contributed by atoms with Gasteiger partial charge >= 0.3 is 0 Å². The average molecular weight is 396 g/mol. The van der Waals surface area contributed by atoms with E-state index in [0.29, 0.717) is 33.6 Å². The van der Waals surface area contributed by atoms with Crippen LogP contribution >= 0.6 is 11.6 Å². The maximum Gasteiger partial charge on any atom is 0.255 e. The summed E-state index contributed by atoms with van der Waals surface area (Å²) in [6.07, 6.45) is 3.33. The van der Waals surface area contributed by atoms with Crippen molar-refractivity contribution < 1.29 is 14.3 Å². The second-order valence-electron chi connectivity index (χ2n) is 5.71. The van der Waals surface area contributed by atoms with Gasteiger partial charge in [-0.15, -0.1) is 0 Å². The number of methoxy groups -OCH3 is 2. The van der Waals surface area contributed by atoms with Gasteiger partial charge in [0, 0.05) is 23.7 Å². The number of rotatable bonds is 6. The molecule has 0 bridgehead atoms. The van der Waals surface area contributed by atoms with Gasteiger partial charge in [0.15, 0.2) is 11.6 Å². The van der Waals surface area contributed by atoms with E-state index in [-0.39, 0.29) is 5.91 Å². The Bertz CT molecular complexity index is 1000. The Kier molecular flexibility index (Phi) is 6.24. The molecule has 1 aromatic heterocycles. The highest BCUT2D eigenvalue weighted by molar-refractivity contribution is 6.32. The minimum absolute atomic E-state index is 0.260. The number of ether oxygens (including phenoxy) is 2. The molecule has 1 heterocycles. The summed E-state index contributed by atoms with van der Waals surface area (Å²) < 4.78 is 10.3. The fourth-order valence-corrected chi connectivity index (χ4v) is 2.70. The molecule has 0 radical (unpaired) electrons. The maximum absolute atomic E-state index is 12.4. The van der Waals surface area contributed by atoms with Crippen LogP contribution in [-0.4, -0.2) is 31.3 Å². The van der Waals surface area contributed by atoms with Crippen LogP contribution < -0.4 is 14.8 Å². The Hall–Kier alpha value is -3.38. The number of carbonyl (C=O) groups excluding carboxylic acids is 1. The van der Waals surface area contributed by atoms with Crippen LogP contribution in [0.15, 0.2) is 65.8 Å². The largest absolute Gasteiger partial charge is 0.495 e. The predicted molar refractivity (Wildman–Crippen MR) is 110 cm³/mol. The Morgan fingerprint density at radius 3 is 2.50 bits per heavy atom. The summed E-state index contributed by atoms with van der Waals surface area (Å²) in [7, 11) is 3.10. The summed E-state index contributed by atoms with van der Waals surface area (Å²) >= 11 is 6.07. The minimum atomic E-state index is -0.260. The van der Waals surface area contributed by atoms with Gasteiger partial charge in [0.05, 0.1) is 19.2 Å². The number of benzene rings is 2. The fraction of sp³-hybridized carbons (Fsp3) is 0.0952. The molecule has 0 aliphatic carbocycles. The molecule has 0 saturated heterocycles. The number of amides is 1. The van der Waals surface area contributed by atoms with Crippen LogP contribution in [0.25, 0.3) is 0 Å². The zero-order valence-electron chi connectivity index (χ0n) is 15.3. The van der Waals surface area contributed by atoms with E-state index in [2.05, 4.69) is 15.3 Å². The molecule has 0 unspecified atom stereocenters. The van der Waals surface area contributed by atoms with Crippen LogP contribution in [0.3, 0.4) is 0 Å². The molecule has 2 aromatic carbocycles. The lowest BCUT2D eigenvalue weighted by Crippen LogP contribution is -2.11. The molecular formula is C21H18ClN3O3. The molecule has 0 aliphatic rings. The molecule has 6 nitrogen and oxygen atoms in total. The SMILES string of the molecule is COc1ccc(C(=O)Nc2ccc(/C=N/c3ncccc3OC)cc2)cc1Cl. The van der Waals surface area contributed by atoms with Crippen molar-refractivity contribution in [1.82, 2.24) is 4.98 Å². The molecule has 0 atom stereocenters. The van der Waals surface area contributed by atoms with E-state index in [1.165, 1.54) is 7.11 Å². The van der Waals surface area contributed by atoms with Gasteiger partial charge in [-0.2, -0.15) is 0 Å². The standard InChI is InChI=1S/C21H18ClN3O3/c1-27-18-10-7-15(12-17(18)22)21(26)25-16-8-5-14(6-9-16)13-24-20-19(28-2)4-3-11-23-20/h3-13H,1-2H3,(H,25,26)/b24-13+. The number of carbonyl (C=O) groups is 1. The minimum Gasteiger partial charge on any atom is -0.495 e. The highest BCUT2D eigenvalue weighted by atomic mass is 35.5. The van der Waals surface area contributed by atoms with Crippen LogP contribution in [0, 0.1) is 0 Å². The van der Waals surface area contributed by atoms with E-state index in [1.54, 1.807) is 62.0 Å². The van der Waals surface area contributed by atoms with Crippen molar-refractivity contribution in [3.8, 4) is 11.5 Å². The second-order valence-corrected chi connectivity index (χ2v) is 6.12. The van der Waals surface area contributed by atoms with Gasteiger partial charge in [-0.3, -0.25) is 4.79 Å². The molecule has 142 valence electrons. The topological polar surface area (TPSA) is 72.8 Å². The summed E-state index contributed by atoms with van der Waals surface area (Å²) in [6, 6.07) is 15.7.